The van der Waals surface area contributed by atoms with Gasteiger partial charge in [-0.2, -0.15) is 0 Å². The molecule has 1 saturated heterocycles. The maximum Gasteiger partial charge on any atom is 0.225 e. The van der Waals surface area contributed by atoms with Crippen molar-refractivity contribution in [3.05, 3.63) is 28.8 Å². The van der Waals surface area contributed by atoms with E-state index in [1.54, 1.807) is 7.05 Å². The Balaban J connectivity index is 0.00000392. The minimum atomic E-state index is 0. The lowest BCUT2D eigenvalue weighted by Crippen LogP contribution is -2.45. The van der Waals surface area contributed by atoms with Crippen LogP contribution in [0.5, 0.6) is 5.75 Å². The molecule has 0 spiro atoms. The first-order valence-electron chi connectivity index (χ1n) is 9.55. The highest BCUT2D eigenvalue weighted by atomic mass is 127. The summed E-state index contributed by atoms with van der Waals surface area (Å²) >= 11 is 5.96. The third-order valence-corrected chi connectivity index (χ3v) is 4.80. The van der Waals surface area contributed by atoms with Crippen molar-refractivity contribution in [2.24, 2.45) is 10.9 Å². The smallest absolute Gasteiger partial charge is 0.225 e. The van der Waals surface area contributed by atoms with Gasteiger partial charge in [-0.1, -0.05) is 25.4 Å². The number of nitrogens with zero attached hydrogens (tertiary/aromatic N) is 2. The Morgan fingerprint density at radius 3 is 2.82 bits per heavy atom. The second kappa shape index (κ2) is 12.4. The minimum Gasteiger partial charge on any atom is -0.493 e. The van der Waals surface area contributed by atoms with E-state index in [0.717, 1.165) is 54.8 Å². The van der Waals surface area contributed by atoms with E-state index < -0.39 is 0 Å². The van der Waals surface area contributed by atoms with Crippen LogP contribution in [0.3, 0.4) is 0 Å². The Bertz CT molecular complexity index is 670. The van der Waals surface area contributed by atoms with E-state index in [4.69, 9.17) is 16.3 Å². The molecule has 2 rings (SSSR count). The summed E-state index contributed by atoms with van der Waals surface area (Å²) in [6, 6.07) is 5.88. The van der Waals surface area contributed by atoms with Crippen LogP contribution in [-0.4, -0.2) is 56.1 Å². The molecule has 1 aromatic carbocycles. The lowest BCUT2D eigenvalue weighted by Gasteiger charge is -2.20. The van der Waals surface area contributed by atoms with E-state index in [1.807, 2.05) is 43.9 Å². The third-order valence-electron chi connectivity index (χ3n) is 4.57. The summed E-state index contributed by atoms with van der Waals surface area (Å²) in [5.41, 5.74) is 1.04. The molecule has 0 saturated carbocycles. The first-order chi connectivity index (χ1) is 12.9. The fraction of sp³-hybridized carbons (Fsp3) is 0.600. The quantitative estimate of drug-likeness (QED) is 0.249. The summed E-state index contributed by atoms with van der Waals surface area (Å²) < 4.78 is 5.80. The lowest BCUT2D eigenvalue weighted by atomic mass is 10.2. The summed E-state index contributed by atoms with van der Waals surface area (Å²) in [6.45, 7) is 8.78. The van der Waals surface area contributed by atoms with Gasteiger partial charge in [0.2, 0.25) is 5.91 Å². The molecular formula is C20H32ClIN4O2. The molecule has 28 heavy (non-hydrogen) atoms. The fourth-order valence-electron chi connectivity index (χ4n) is 3.07. The van der Waals surface area contributed by atoms with Crippen LogP contribution in [0.15, 0.2) is 23.2 Å². The first-order valence-corrected chi connectivity index (χ1v) is 9.93. The van der Waals surface area contributed by atoms with Crippen LogP contribution in [0.1, 0.15) is 32.3 Å². The number of amides is 1. The standard InChI is InChI=1S/C20H31ClN4O2.HI/c1-14(2)19(26)25-10-8-17(13-25)24-20(22-4)23-9-5-11-27-18-7-6-16(21)12-15(18)3;/h6-7,12,14,17H,5,8-11,13H2,1-4H3,(H2,22,23,24);1H. The van der Waals surface area contributed by atoms with Gasteiger partial charge < -0.3 is 20.3 Å². The number of rotatable bonds is 7. The molecule has 6 nitrogen and oxygen atoms in total. The van der Waals surface area contributed by atoms with Crippen molar-refractivity contribution in [3.63, 3.8) is 0 Å². The molecule has 1 fully saturated rings. The van der Waals surface area contributed by atoms with Gasteiger partial charge in [-0.15, -0.1) is 24.0 Å². The molecule has 0 bridgehead atoms. The Kier molecular flexibility index (Phi) is 11.0. The second-order valence-electron chi connectivity index (χ2n) is 7.18. The summed E-state index contributed by atoms with van der Waals surface area (Å²) in [6.07, 6.45) is 1.80. The number of benzene rings is 1. The molecule has 1 aliphatic heterocycles. The number of carbonyl (C=O) groups excluding carboxylic acids is 1. The largest absolute Gasteiger partial charge is 0.493 e. The molecule has 8 heteroatoms. The van der Waals surface area contributed by atoms with Gasteiger partial charge in [0, 0.05) is 43.7 Å². The van der Waals surface area contributed by atoms with Gasteiger partial charge in [0.1, 0.15) is 5.75 Å². The molecule has 1 atom stereocenters. The Morgan fingerprint density at radius 2 is 2.18 bits per heavy atom. The molecule has 1 amide bonds. The number of guanidine groups is 1. The average molecular weight is 523 g/mol. The van der Waals surface area contributed by atoms with Crippen LogP contribution in [0.4, 0.5) is 0 Å². The zero-order chi connectivity index (χ0) is 19.8. The van der Waals surface area contributed by atoms with E-state index in [-0.39, 0.29) is 41.8 Å². The Morgan fingerprint density at radius 1 is 1.43 bits per heavy atom. The number of hydrogen-bond acceptors (Lipinski definition) is 3. The molecule has 1 aliphatic rings. The van der Waals surface area contributed by atoms with Crippen molar-refractivity contribution in [2.45, 2.75) is 39.7 Å². The van der Waals surface area contributed by atoms with E-state index in [9.17, 15) is 4.79 Å². The van der Waals surface area contributed by atoms with Crippen LogP contribution in [0, 0.1) is 12.8 Å². The van der Waals surface area contributed by atoms with E-state index in [2.05, 4.69) is 15.6 Å². The monoisotopic (exact) mass is 522 g/mol. The summed E-state index contributed by atoms with van der Waals surface area (Å²) in [5.74, 6) is 1.90. The van der Waals surface area contributed by atoms with Crippen LogP contribution in [0.2, 0.25) is 5.02 Å². The number of aliphatic imine (C=N–C) groups is 1. The SMILES string of the molecule is CN=C(NCCCOc1ccc(Cl)cc1C)NC1CCN(C(=O)C(C)C)C1.I. The topological polar surface area (TPSA) is 66.0 Å². The molecule has 1 unspecified atom stereocenters. The summed E-state index contributed by atoms with van der Waals surface area (Å²) in [7, 11) is 1.76. The summed E-state index contributed by atoms with van der Waals surface area (Å²) in [4.78, 5) is 18.3. The predicted molar refractivity (Wildman–Crippen MR) is 126 cm³/mol. The molecule has 0 radical (unpaired) electrons. The third kappa shape index (κ3) is 7.66. The Labute approximate surface area is 190 Å². The van der Waals surface area contributed by atoms with Gasteiger partial charge in [-0.25, -0.2) is 0 Å². The van der Waals surface area contributed by atoms with Crippen molar-refractivity contribution in [3.8, 4) is 5.75 Å². The molecule has 0 aromatic heterocycles. The van der Waals surface area contributed by atoms with E-state index in [0.29, 0.717) is 6.61 Å². The van der Waals surface area contributed by atoms with Gasteiger partial charge in [-0.3, -0.25) is 9.79 Å². The van der Waals surface area contributed by atoms with Gasteiger partial charge in [-0.05, 0) is 43.5 Å². The number of likely N-dealkylation sites (tertiary alicyclic amines) is 1. The van der Waals surface area contributed by atoms with Crippen LogP contribution in [0.25, 0.3) is 0 Å². The van der Waals surface area contributed by atoms with Gasteiger partial charge >= 0.3 is 0 Å². The second-order valence-corrected chi connectivity index (χ2v) is 7.62. The Hall–Kier alpha value is -1.22. The molecular weight excluding hydrogens is 491 g/mol. The number of hydrogen-bond donors (Lipinski definition) is 2. The van der Waals surface area contributed by atoms with Crippen LogP contribution < -0.4 is 15.4 Å². The van der Waals surface area contributed by atoms with Crippen molar-refractivity contribution < 1.29 is 9.53 Å². The number of ether oxygens (including phenoxy) is 1. The fourth-order valence-corrected chi connectivity index (χ4v) is 3.29. The lowest BCUT2D eigenvalue weighted by molar-refractivity contribution is -0.133. The predicted octanol–water partition coefficient (Wildman–Crippen LogP) is 3.46. The number of carbonyl (C=O) groups is 1. The number of aryl methyl sites for hydroxylation is 1. The number of halogens is 2. The highest BCUT2D eigenvalue weighted by Gasteiger charge is 2.27. The van der Waals surface area contributed by atoms with Crippen molar-refractivity contribution >= 4 is 47.4 Å². The summed E-state index contributed by atoms with van der Waals surface area (Å²) in [5, 5.41) is 7.43. The van der Waals surface area contributed by atoms with Crippen molar-refractivity contribution in [2.75, 3.05) is 33.3 Å². The van der Waals surface area contributed by atoms with E-state index in [1.165, 1.54) is 0 Å². The molecule has 1 heterocycles. The van der Waals surface area contributed by atoms with E-state index >= 15 is 0 Å². The highest BCUT2D eigenvalue weighted by molar-refractivity contribution is 14.0. The number of nitrogens with one attached hydrogen (secondary N) is 2. The van der Waals surface area contributed by atoms with Crippen LogP contribution in [-0.2, 0) is 4.79 Å². The first kappa shape index (κ1) is 24.8. The maximum absolute atomic E-state index is 12.1. The molecule has 0 aliphatic carbocycles. The van der Waals surface area contributed by atoms with Crippen LogP contribution >= 0.6 is 35.6 Å². The zero-order valence-corrected chi connectivity index (χ0v) is 20.2. The zero-order valence-electron chi connectivity index (χ0n) is 17.1. The highest BCUT2D eigenvalue weighted by Crippen LogP contribution is 2.21. The van der Waals surface area contributed by atoms with Crippen molar-refractivity contribution in [1.82, 2.24) is 15.5 Å². The van der Waals surface area contributed by atoms with Crippen molar-refractivity contribution in [1.29, 1.82) is 0 Å². The van der Waals surface area contributed by atoms with Gasteiger partial charge in [0.15, 0.2) is 5.96 Å². The molecule has 2 N–H and O–H groups in total. The average Bonchev–Trinajstić information content (AvgIpc) is 3.09. The molecule has 1 aromatic rings. The van der Waals surface area contributed by atoms with Gasteiger partial charge in [0.05, 0.1) is 6.61 Å². The minimum absolute atomic E-state index is 0. The molecule has 158 valence electrons. The van der Waals surface area contributed by atoms with Gasteiger partial charge in [0.25, 0.3) is 0 Å². The normalized spacial score (nSPS) is 16.7. The maximum atomic E-state index is 12.1.